The normalized spacial score (nSPS) is 19.3. The number of urea groups is 1. The summed E-state index contributed by atoms with van der Waals surface area (Å²) in [5, 5.41) is 5.95. The Labute approximate surface area is 120 Å². The quantitative estimate of drug-likeness (QED) is 0.887. The zero-order chi connectivity index (χ0) is 13.8. The van der Waals surface area contributed by atoms with Crippen molar-refractivity contribution in [3.63, 3.8) is 0 Å². The molecule has 1 aromatic carbocycles. The number of nitrogens with one attached hydrogen (secondary N) is 2. The third-order valence-electron chi connectivity index (χ3n) is 4.29. The van der Waals surface area contributed by atoms with Gasteiger partial charge in [0.05, 0.1) is 0 Å². The molecule has 2 aliphatic rings. The second kappa shape index (κ2) is 6.16. The number of amides is 2. The van der Waals surface area contributed by atoms with E-state index in [1.54, 1.807) is 0 Å². The van der Waals surface area contributed by atoms with Crippen LogP contribution in [0.3, 0.4) is 0 Å². The van der Waals surface area contributed by atoms with Crippen LogP contribution in [-0.4, -0.2) is 25.2 Å². The van der Waals surface area contributed by atoms with Crippen molar-refractivity contribution in [2.45, 2.75) is 44.6 Å². The Bertz CT molecular complexity index is 445. The van der Waals surface area contributed by atoms with Crippen LogP contribution >= 0.6 is 0 Å². The molecule has 2 N–H and O–H groups in total. The Morgan fingerprint density at radius 3 is 2.30 bits per heavy atom. The molecule has 0 spiro atoms. The first kappa shape index (κ1) is 13.3. The molecule has 1 saturated heterocycles. The molecule has 0 radical (unpaired) electrons. The minimum atomic E-state index is -0.0779. The maximum absolute atomic E-state index is 11.9. The molecular formula is C16H23N3O. The minimum absolute atomic E-state index is 0.0779. The molecule has 0 unspecified atom stereocenters. The first-order chi connectivity index (χ1) is 9.81. The number of hydrogen-bond donors (Lipinski definition) is 2. The molecule has 1 aliphatic heterocycles. The smallest absolute Gasteiger partial charge is 0.319 e. The van der Waals surface area contributed by atoms with Crippen LogP contribution in [0.25, 0.3) is 0 Å². The van der Waals surface area contributed by atoms with E-state index >= 15 is 0 Å². The van der Waals surface area contributed by atoms with Crippen molar-refractivity contribution >= 4 is 17.4 Å². The molecule has 0 aromatic heterocycles. The summed E-state index contributed by atoms with van der Waals surface area (Å²) in [4.78, 5) is 14.3. The minimum Gasteiger partial charge on any atom is -0.372 e. The largest absolute Gasteiger partial charge is 0.372 e. The SMILES string of the molecule is O=C(Nc1ccc(N2CCCC2)cc1)NC1CCCC1. The molecule has 2 fully saturated rings. The van der Waals surface area contributed by atoms with Crippen LogP contribution in [0.15, 0.2) is 24.3 Å². The average Bonchev–Trinajstić information content (AvgIpc) is 3.12. The third kappa shape index (κ3) is 3.24. The second-order valence-electron chi connectivity index (χ2n) is 5.82. The Morgan fingerprint density at radius 1 is 1.00 bits per heavy atom. The van der Waals surface area contributed by atoms with E-state index in [4.69, 9.17) is 0 Å². The summed E-state index contributed by atoms with van der Waals surface area (Å²) < 4.78 is 0. The monoisotopic (exact) mass is 273 g/mol. The lowest BCUT2D eigenvalue weighted by Gasteiger charge is -2.18. The van der Waals surface area contributed by atoms with Gasteiger partial charge in [-0.15, -0.1) is 0 Å². The summed E-state index contributed by atoms with van der Waals surface area (Å²) in [5.41, 5.74) is 2.12. The molecular weight excluding hydrogens is 250 g/mol. The molecule has 20 heavy (non-hydrogen) atoms. The highest BCUT2D eigenvalue weighted by atomic mass is 16.2. The molecule has 108 valence electrons. The van der Waals surface area contributed by atoms with Crippen LogP contribution in [0.2, 0.25) is 0 Å². The lowest BCUT2D eigenvalue weighted by atomic mass is 10.2. The molecule has 1 heterocycles. The maximum Gasteiger partial charge on any atom is 0.319 e. The van der Waals surface area contributed by atoms with E-state index in [1.165, 1.54) is 31.4 Å². The Hall–Kier alpha value is -1.71. The number of carbonyl (C=O) groups is 1. The zero-order valence-electron chi connectivity index (χ0n) is 11.9. The summed E-state index contributed by atoms with van der Waals surface area (Å²) in [5.74, 6) is 0. The van der Waals surface area contributed by atoms with Crippen molar-refractivity contribution in [1.29, 1.82) is 0 Å². The van der Waals surface area contributed by atoms with Crippen molar-refractivity contribution in [2.24, 2.45) is 0 Å². The highest BCUT2D eigenvalue weighted by Gasteiger charge is 2.17. The van der Waals surface area contributed by atoms with Gasteiger partial charge in [-0.25, -0.2) is 4.79 Å². The van der Waals surface area contributed by atoms with E-state index < -0.39 is 0 Å². The topological polar surface area (TPSA) is 44.4 Å². The maximum atomic E-state index is 11.9. The summed E-state index contributed by atoms with van der Waals surface area (Å²) >= 11 is 0. The molecule has 3 rings (SSSR count). The average molecular weight is 273 g/mol. The number of rotatable bonds is 3. The van der Waals surface area contributed by atoms with Gasteiger partial charge in [-0.2, -0.15) is 0 Å². The van der Waals surface area contributed by atoms with Crippen molar-refractivity contribution in [3.05, 3.63) is 24.3 Å². The number of carbonyl (C=O) groups excluding carboxylic acids is 1. The van der Waals surface area contributed by atoms with Gasteiger partial charge in [0, 0.05) is 30.5 Å². The van der Waals surface area contributed by atoms with Gasteiger partial charge in [-0.3, -0.25) is 0 Å². The van der Waals surface area contributed by atoms with E-state index in [2.05, 4.69) is 27.7 Å². The third-order valence-corrected chi connectivity index (χ3v) is 4.29. The van der Waals surface area contributed by atoms with Crippen molar-refractivity contribution in [1.82, 2.24) is 5.32 Å². The van der Waals surface area contributed by atoms with E-state index in [0.29, 0.717) is 6.04 Å². The van der Waals surface area contributed by atoms with E-state index in [0.717, 1.165) is 31.6 Å². The molecule has 0 bridgehead atoms. The van der Waals surface area contributed by atoms with Gasteiger partial charge in [-0.1, -0.05) is 12.8 Å². The lowest BCUT2D eigenvalue weighted by Crippen LogP contribution is -2.36. The van der Waals surface area contributed by atoms with Gasteiger partial charge in [0.15, 0.2) is 0 Å². The van der Waals surface area contributed by atoms with Gasteiger partial charge in [0.1, 0.15) is 0 Å². The standard InChI is InChI=1S/C16H23N3O/c20-16(17-13-5-1-2-6-13)18-14-7-9-15(10-8-14)19-11-3-4-12-19/h7-10,13H,1-6,11-12H2,(H2,17,18,20). The number of nitrogens with zero attached hydrogens (tertiary/aromatic N) is 1. The van der Waals surface area contributed by atoms with Gasteiger partial charge in [-0.05, 0) is 49.9 Å². The van der Waals surface area contributed by atoms with E-state index in [9.17, 15) is 4.79 Å². The van der Waals surface area contributed by atoms with Gasteiger partial charge >= 0.3 is 6.03 Å². The molecule has 4 nitrogen and oxygen atoms in total. The fourth-order valence-electron chi connectivity index (χ4n) is 3.15. The summed E-state index contributed by atoms with van der Waals surface area (Å²) in [6.07, 6.45) is 7.25. The molecule has 1 saturated carbocycles. The first-order valence-electron chi connectivity index (χ1n) is 7.74. The summed E-state index contributed by atoms with van der Waals surface area (Å²) in [6.45, 7) is 2.30. The predicted molar refractivity (Wildman–Crippen MR) is 82.3 cm³/mol. The van der Waals surface area contributed by atoms with E-state index in [1.807, 2.05) is 12.1 Å². The Morgan fingerprint density at radius 2 is 1.65 bits per heavy atom. The van der Waals surface area contributed by atoms with Crippen LogP contribution in [0, 0.1) is 0 Å². The second-order valence-corrected chi connectivity index (χ2v) is 5.82. The lowest BCUT2D eigenvalue weighted by molar-refractivity contribution is 0.248. The van der Waals surface area contributed by atoms with Crippen LogP contribution < -0.4 is 15.5 Å². The van der Waals surface area contributed by atoms with Crippen molar-refractivity contribution in [2.75, 3.05) is 23.3 Å². The number of hydrogen-bond acceptors (Lipinski definition) is 2. The van der Waals surface area contributed by atoms with Crippen LogP contribution in [0.1, 0.15) is 38.5 Å². The molecule has 4 heteroatoms. The van der Waals surface area contributed by atoms with E-state index in [-0.39, 0.29) is 6.03 Å². The van der Waals surface area contributed by atoms with Gasteiger partial charge < -0.3 is 15.5 Å². The predicted octanol–water partition coefficient (Wildman–Crippen LogP) is 3.35. The zero-order valence-corrected chi connectivity index (χ0v) is 11.9. The van der Waals surface area contributed by atoms with Crippen LogP contribution in [0.4, 0.5) is 16.2 Å². The molecule has 1 aromatic rings. The highest BCUT2D eigenvalue weighted by Crippen LogP contribution is 2.22. The molecule has 0 atom stereocenters. The summed E-state index contributed by atoms with van der Waals surface area (Å²) in [7, 11) is 0. The van der Waals surface area contributed by atoms with Crippen LogP contribution in [-0.2, 0) is 0 Å². The highest BCUT2D eigenvalue weighted by molar-refractivity contribution is 5.89. The fourth-order valence-corrected chi connectivity index (χ4v) is 3.15. The summed E-state index contributed by atoms with van der Waals surface area (Å²) in [6, 6.07) is 8.45. The Balaban J connectivity index is 1.53. The Kier molecular flexibility index (Phi) is 4.09. The van der Waals surface area contributed by atoms with Crippen LogP contribution in [0.5, 0.6) is 0 Å². The number of benzene rings is 1. The number of anilines is 2. The first-order valence-corrected chi connectivity index (χ1v) is 7.74. The van der Waals surface area contributed by atoms with Gasteiger partial charge in [0.2, 0.25) is 0 Å². The fraction of sp³-hybridized carbons (Fsp3) is 0.562. The van der Waals surface area contributed by atoms with Crippen molar-refractivity contribution < 1.29 is 4.79 Å². The van der Waals surface area contributed by atoms with Crippen molar-refractivity contribution in [3.8, 4) is 0 Å². The van der Waals surface area contributed by atoms with Gasteiger partial charge in [0.25, 0.3) is 0 Å². The molecule has 2 amide bonds. The molecule has 1 aliphatic carbocycles.